The Kier molecular flexibility index (Phi) is 5.30. The van der Waals surface area contributed by atoms with Crippen LogP contribution < -0.4 is 4.74 Å². The highest BCUT2D eigenvalue weighted by atomic mass is 19.1. The quantitative estimate of drug-likeness (QED) is 0.327. The highest BCUT2D eigenvalue weighted by Crippen LogP contribution is 2.51. The lowest BCUT2D eigenvalue weighted by molar-refractivity contribution is -0.118. The van der Waals surface area contributed by atoms with Crippen molar-refractivity contribution in [3.8, 4) is 5.75 Å². The molecule has 0 fully saturated rings. The van der Waals surface area contributed by atoms with Gasteiger partial charge in [-0.25, -0.2) is 9.18 Å². The van der Waals surface area contributed by atoms with E-state index in [0.717, 1.165) is 22.5 Å². The van der Waals surface area contributed by atoms with Crippen LogP contribution in [0.3, 0.4) is 0 Å². The summed E-state index contributed by atoms with van der Waals surface area (Å²) in [5.41, 5.74) is 4.37. The molecule has 0 amide bonds. The van der Waals surface area contributed by atoms with Gasteiger partial charge in [-0.05, 0) is 53.8 Å². The summed E-state index contributed by atoms with van der Waals surface area (Å²) in [5.74, 6) is -1.77. The summed E-state index contributed by atoms with van der Waals surface area (Å²) in [6, 6.07) is 19.5. The highest BCUT2D eigenvalue weighted by molar-refractivity contribution is 6.30. The summed E-state index contributed by atoms with van der Waals surface area (Å²) in [6.45, 7) is 4.13. The second-order valence-electron chi connectivity index (χ2n) is 10.6. The molecule has 184 valence electrons. The first-order valence-electron chi connectivity index (χ1n) is 12.3. The van der Waals surface area contributed by atoms with E-state index in [4.69, 9.17) is 9.73 Å². The van der Waals surface area contributed by atoms with Crippen LogP contribution in [0.5, 0.6) is 5.75 Å². The smallest absolute Gasteiger partial charge is 0.343 e. The van der Waals surface area contributed by atoms with Crippen molar-refractivity contribution >= 4 is 23.2 Å². The predicted octanol–water partition coefficient (Wildman–Crippen LogP) is 6.09. The number of aliphatic imine (C=N–C) groups is 1. The average molecular weight is 494 g/mol. The molecular weight excluding hydrogens is 469 g/mol. The number of hydrogen-bond acceptors (Lipinski definition) is 5. The fourth-order valence-electron chi connectivity index (χ4n) is 5.74. The minimum atomic E-state index is -0.601. The molecule has 6 heteroatoms. The van der Waals surface area contributed by atoms with Crippen molar-refractivity contribution in [3.63, 3.8) is 0 Å². The van der Waals surface area contributed by atoms with E-state index in [-0.39, 0.29) is 22.5 Å². The Hall–Kier alpha value is -4.19. The summed E-state index contributed by atoms with van der Waals surface area (Å²) < 4.78 is 18.6. The molecule has 0 radical (unpaired) electrons. The number of carbonyl (C=O) groups excluding carboxylic acids is 3. The summed E-state index contributed by atoms with van der Waals surface area (Å²) >= 11 is 0. The van der Waals surface area contributed by atoms with E-state index < -0.39 is 23.6 Å². The molecule has 0 bridgehead atoms. The van der Waals surface area contributed by atoms with Crippen LogP contribution in [0.4, 0.5) is 4.39 Å². The molecule has 0 saturated heterocycles. The number of Topliss-reactive ketones (excluding diaryl/α,β-unsaturated/α-hetero) is 2. The second-order valence-corrected chi connectivity index (χ2v) is 10.6. The normalized spacial score (nSPS) is 21.6. The Morgan fingerprint density at radius 1 is 0.892 bits per heavy atom. The molecule has 0 N–H and O–H groups in total. The zero-order chi connectivity index (χ0) is 25.9. The maximum absolute atomic E-state index is 13.6. The number of carbonyl (C=O) groups is 3. The number of benzene rings is 3. The zero-order valence-electron chi connectivity index (χ0n) is 20.5. The number of ketones is 2. The van der Waals surface area contributed by atoms with E-state index in [1.807, 2.05) is 24.3 Å². The van der Waals surface area contributed by atoms with Crippen LogP contribution in [-0.4, -0.2) is 23.2 Å². The third-order valence-corrected chi connectivity index (χ3v) is 7.37. The van der Waals surface area contributed by atoms with Gasteiger partial charge in [-0.1, -0.05) is 50.2 Å². The van der Waals surface area contributed by atoms with Gasteiger partial charge in [0.2, 0.25) is 0 Å². The lowest BCUT2D eigenvalue weighted by Gasteiger charge is -2.38. The Bertz CT molecular complexity index is 1530. The van der Waals surface area contributed by atoms with Crippen molar-refractivity contribution in [1.29, 1.82) is 0 Å². The van der Waals surface area contributed by atoms with Gasteiger partial charge in [0.25, 0.3) is 0 Å². The van der Waals surface area contributed by atoms with Gasteiger partial charge in [-0.15, -0.1) is 0 Å². The Morgan fingerprint density at radius 2 is 1.57 bits per heavy atom. The fourth-order valence-corrected chi connectivity index (χ4v) is 5.74. The third kappa shape index (κ3) is 3.93. The van der Waals surface area contributed by atoms with E-state index in [1.165, 1.54) is 24.3 Å². The number of ether oxygens (including phenoxy) is 1. The lowest BCUT2D eigenvalue weighted by atomic mass is 9.66. The van der Waals surface area contributed by atoms with Gasteiger partial charge in [0, 0.05) is 34.7 Å². The Morgan fingerprint density at radius 3 is 2.27 bits per heavy atom. The van der Waals surface area contributed by atoms with E-state index in [1.54, 1.807) is 24.3 Å². The van der Waals surface area contributed by atoms with Crippen molar-refractivity contribution in [2.45, 2.75) is 32.6 Å². The molecule has 2 aliphatic carbocycles. The minimum absolute atomic E-state index is 0.0228. The summed E-state index contributed by atoms with van der Waals surface area (Å²) in [4.78, 5) is 44.5. The van der Waals surface area contributed by atoms with Crippen LogP contribution in [-0.2, 0) is 4.79 Å². The summed E-state index contributed by atoms with van der Waals surface area (Å²) in [5, 5.41) is 0. The summed E-state index contributed by atoms with van der Waals surface area (Å²) in [7, 11) is 0. The largest absolute Gasteiger partial charge is 0.423 e. The molecule has 3 aliphatic rings. The molecule has 1 heterocycles. The van der Waals surface area contributed by atoms with Gasteiger partial charge in [0.15, 0.2) is 11.6 Å². The maximum atomic E-state index is 13.6. The SMILES string of the molecule is CC1(C)CC(=O)C2=C(C1)N=C1c3ccccc3C(=O)[C@H]1[C@H]2c1ccc(OC(=O)c2ccc(F)cc2)cc1. The highest BCUT2D eigenvalue weighted by Gasteiger charge is 2.50. The van der Waals surface area contributed by atoms with Gasteiger partial charge in [-0.2, -0.15) is 0 Å². The van der Waals surface area contributed by atoms with Crippen LogP contribution in [0.2, 0.25) is 0 Å². The first-order valence-corrected chi connectivity index (χ1v) is 12.3. The lowest BCUT2D eigenvalue weighted by Crippen LogP contribution is -2.37. The maximum Gasteiger partial charge on any atom is 0.343 e. The van der Waals surface area contributed by atoms with Crippen LogP contribution in [0.25, 0.3) is 0 Å². The van der Waals surface area contributed by atoms with Crippen molar-refractivity contribution in [2.24, 2.45) is 16.3 Å². The number of fused-ring (bicyclic) bond motifs is 3. The van der Waals surface area contributed by atoms with Crippen LogP contribution >= 0.6 is 0 Å². The zero-order valence-corrected chi connectivity index (χ0v) is 20.5. The van der Waals surface area contributed by atoms with Gasteiger partial charge in [-0.3, -0.25) is 14.6 Å². The second kappa shape index (κ2) is 8.44. The number of esters is 1. The molecule has 3 aromatic carbocycles. The standard InChI is InChI=1S/C31H24FNO4/c1-31(2)15-23-26(24(34)16-31)25(27-28(33-23)21-5-3-4-6-22(21)29(27)35)17-9-13-20(14-10-17)37-30(36)18-7-11-19(32)12-8-18/h3-14,25,27H,15-16H2,1-2H3/t25-,27-/m0/s1. The van der Waals surface area contributed by atoms with Gasteiger partial charge in [0.1, 0.15) is 11.6 Å². The molecule has 5 nitrogen and oxygen atoms in total. The molecule has 1 aliphatic heterocycles. The molecular formula is C31H24FNO4. The predicted molar refractivity (Wildman–Crippen MR) is 136 cm³/mol. The van der Waals surface area contributed by atoms with E-state index in [0.29, 0.717) is 29.7 Å². The van der Waals surface area contributed by atoms with Crippen molar-refractivity contribution in [2.75, 3.05) is 0 Å². The number of allylic oxidation sites excluding steroid dienone is 2. The third-order valence-electron chi connectivity index (χ3n) is 7.37. The van der Waals surface area contributed by atoms with Gasteiger partial charge >= 0.3 is 5.97 Å². The molecule has 0 spiro atoms. The first kappa shape index (κ1) is 23.2. The van der Waals surface area contributed by atoms with E-state index in [9.17, 15) is 18.8 Å². The Balaban J connectivity index is 1.38. The minimum Gasteiger partial charge on any atom is -0.423 e. The number of nitrogens with zero attached hydrogens (tertiary/aromatic N) is 1. The van der Waals surface area contributed by atoms with Crippen LogP contribution in [0.1, 0.15) is 64.4 Å². The number of hydrogen-bond donors (Lipinski definition) is 0. The molecule has 3 aromatic rings. The van der Waals surface area contributed by atoms with Gasteiger partial charge < -0.3 is 4.74 Å². The van der Waals surface area contributed by atoms with Crippen LogP contribution in [0, 0.1) is 17.2 Å². The monoisotopic (exact) mass is 493 g/mol. The van der Waals surface area contributed by atoms with Crippen LogP contribution in [0.15, 0.2) is 89.1 Å². The van der Waals surface area contributed by atoms with E-state index >= 15 is 0 Å². The van der Waals surface area contributed by atoms with Gasteiger partial charge in [0.05, 0.1) is 17.2 Å². The Labute approximate surface area is 213 Å². The fraction of sp³-hybridized carbons (Fsp3) is 0.226. The molecule has 0 aromatic heterocycles. The van der Waals surface area contributed by atoms with E-state index in [2.05, 4.69) is 13.8 Å². The molecule has 0 saturated carbocycles. The molecule has 2 atom stereocenters. The average Bonchev–Trinajstić information content (AvgIpc) is 3.15. The molecule has 37 heavy (non-hydrogen) atoms. The molecule has 6 rings (SSSR count). The van der Waals surface area contributed by atoms with Crippen molar-refractivity contribution in [3.05, 3.63) is 112 Å². The number of halogens is 1. The van der Waals surface area contributed by atoms with Crippen molar-refractivity contribution < 1.29 is 23.5 Å². The number of rotatable bonds is 3. The summed E-state index contributed by atoms with van der Waals surface area (Å²) in [6.07, 6.45) is 1.05. The van der Waals surface area contributed by atoms with Crippen molar-refractivity contribution in [1.82, 2.24) is 0 Å². The first-order chi connectivity index (χ1) is 17.7. The topological polar surface area (TPSA) is 72.8 Å². The molecule has 0 unspecified atom stereocenters.